The molecule has 0 aromatic rings. The number of hydrogen-bond donors (Lipinski definition) is 1. The van der Waals surface area contributed by atoms with Crippen molar-refractivity contribution in [3.05, 3.63) is 0 Å². The fourth-order valence-electron chi connectivity index (χ4n) is 3.48. The Hall–Kier alpha value is -0.0400. The Balaban J connectivity index is 2.49. The molecular weight excluding hydrogens is 206 g/mol. The Bertz CT molecular complexity index is 198. The molecule has 1 N–H and O–H groups in total. The van der Waals surface area contributed by atoms with Crippen LogP contribution in [0.3, 0.4) is 0 Å². The first kappa shape index (κ1) is 15.0. The minimum atomic E-state index is 0.759. The van der Waals surface area contributed by atoms with E-state index in [2.05, 4.69) is 40.1 Å². The van der Waals surface area contributed by atoms with Crippen molar-refractivity contribution in [1.29, 1.82) is 0 Å². The predicted molar refractivity (Wildman–Crippen MR) is 77.2 cm³/mol. The monoisotopic (exact) mass is 239 g/mol. The minimum absolute atomic E-state index is 0.759. The highest BCUT2D eigenvalue weighted by Gasteiger charge is 2.30. The van der Waals surface area contributed by atoms with Crippen LogP contribution in [0, 0.1) is 23.7 Å². The molecule has 1 saturated carbocycles. The predicted octanol–water partition coefficient (Wildman–Crippen LogP) is 4.47. The number of hydrogen-bond acceptors (Lipinski definition) is 1. The van der Waals surface area contributed by atoms with Gasteiger partial charge in [-0.3, -0.25) is 0 Å². The Morgan fingerprint density at radius 2 is 1.71 bits per heavy atom. The van der Waals surface area contributed by atoms with Gasteiger partial charge in [0, 0.05) is 6.04 Å². The number of rotatable bonds is 6. The van der Waals surface area contributed by atoms with Crippen molar-refractivity contribution < 1.29 is 0 Å². The smallest absolute Gasteiger partial charge is 0.00950 e. The van der Waals surface area contributed by atoms with Gasteiger partial charge in [0.15, 0.2) is 0 Å². The minimum Gasteiger partial charge on any atom is -0.317 e. The largest absolute Gasteiger partial charge is 0.317 e. The first-order chi connectivity index (χ1) is 8.12. The molecule has 0 aliphatic heterocycles. The molecule has 0 amide bonds. The second-order valence-electron chi connectivity index (χ2n) is 6.34. The van der Waals surface area contributed by atoms with Crippen molar-refractivity contribution in [2.45, 2.75) is 72.3 Å². The van der Waals surface area contributed by atoms with Gasteiger partial charge in [0.2, 0.25) is 0 Å². The summed E-state index contributed by atoms with van der Waals surface area (Å²) in [5.41, 5.74) is 0. The molecule has 102 valence electrons. The van der Waals surface area contributed by atoms with Crippen LogP contribution in [0.5, 0.6) is 0 Å². The molecule has 0 spiro atoms. The van der Waals surface area contributed by atoms with E-state index in [-0.39, 0.29) is 0 Å². The first-order valence-electron chi connectivity index (χ1n) is 7.79. The van der Waals surface area contributed by atoms with Gasteiger partial charge < -0.3 is 5.32 Å². The van der Waals surface area contributed by atoms with Crippen molar-refractivity contribution in [3.8, 4) is 0 Å². The normalized spacial score (nSPS) is 31.8. The topological polar surface area (TPSA) is 12.0 Å². The van der Waals surface area contributed by atoms with E-state index >= 15 is 0 Å². The van der Waals surface area contributed by atoms with Gasteiger partial charge in [-0.05, 0) is 50.0 Å². The molecule has 1 fully saturated rings. The van der Waals surface area contributed by atoms with Gasteiger partial charge in [-0.25, -0.2) is 0 Å². The van der Waals surface area contributed by atoms with Crippen LogP contribution < -0.4 is 5.32 Å². The molecule has 0 aromatic heterocycles. The van der Waals surface area contributed by atoms with Gasteiger partial charge in [0.25, 0.3) is 0 Å². The van der Waals surface area contributed by atoms with Crippen LogP contribution in [-0.2, 0) is 0 Å². The van der Waals surface area contributed by atoms with Gasteiger partial charge in [-0.1, -0.05) is 47.0 Å². The van der Waals surface area contributed by atoms with Crippen molar-refractivity contribution in [3.63, 3.8) is 0 Å². The fraction of sp³-hybridized carbons (Fsp3) is 1.00. The molecule has 4 unspecified atom stereocenters. The zero-order valence-electron chi connectivity index (χ0n) is 12.6. The van der Waals surface area contributed by atoms with E-state index in [1.807, 2.05) is 0 Å². The highest BCUT2D eigenvalue weighted by Crippen LogP contribution is 2.36. The molecule has 17 heavy (non-hydrogen) atoms. The average Bonchev–Trinajstić information content (AvgIpc) is 2.35. The van der Waals surface area contributed by atoms with E-state index in [4.69, 9.17) is 0 Å². The zero-order valence-corrected chi connectivity index (χ0v) is 12.6. The molecule has 4 atom stereocenters. The zero-order chi connectivity index (χ0) is 12.8. The van der Waals surface area contributed by atoms with Gasteiger partial charge >= 0.3 is 0 Å². The Labute approximate surface area is 109 Å². The summed E-state index contributed by atoms with van der Waals surface area (Å²) in [6, 6.07) is 0.759. The van der Waals surface area contributed by atoms with Crippen LogP contribution in [0.25, 0.3) is 0 Å². The molecule has 0 heterocycles. The van der Waals surface area contributed by atoms with E-state index in [1.165, 1.54) is 38.5 Å². The van der Waals surface area contributed by atoms with Crippen molar-refractivity contribution >= 4 is 0 Å². The van der Waals surface area contributed by atoms with Crippen molar-refractivity contribution in [2.24, 2.45) is 23.7 Å². The summed E-state index contributed by atoms with van der Waals surface area (Å²) in [6.07, 6.45) is 8.38. The summed E-state index contributed by atoms with van der Waals surface area (Å²) in [6.45, 7) is 9.55. The first-order valence-corrected chi connectivity index (χ1v) is 7.79. The fourth-order valence-corrected chi connectivity index (χ4v) is 3.48. The maximum atomic E-state index is 3.61. The van der Waals surface area contributed by atoms with Crippen molar-refractivity contribution in [2.75, 3.05) is 7.05 Å². The molecule has 0 aromatic carbocycles. The molecular formula is C16H33N. The Kier molecular flexibility index (Phi) is 6.54. The van der Waals surface area contributed by atoms with Gasteiger partial charge in [-0.15, -0.1) is 0 Å². The summed E-state index contributed by atoms with van der Waals surface area (Å²) in [4.78, 5) is 0. The summed E-state index contributed by atoms with van der Waals surface area (Å²) < 4.78 is 0. The average molecular weight is 239 g/mol. The molecule has 1 heteroatoms. The van der Waals surface area contributed by atoms with E-state index in [0.29, 0.717) is 0 Å². The highest BCUT2D eigenvalue weighted by molar-refractivity contribution is 4.84. The second-order valence-corrected chi connectivity index (χ2v) is 6.34. The third-order valence-corrected chi connectivity index (χ3v) is 5.32. The highest BCUT2D eigenvalue weighted by atomic mass is 14.9. The summed E-state index contributed by atoms with van der Waals surface area (Å²) in [7, 11) is 2.16. The van der Waals surface area contributed by atoms with Crippen LogP contribution in [0.15, 0.2) is 0 Å². The third-order valence-electron chi connectivity index (χ3n) is 5.32. The standard InChI is InChI=1S/C16H33N/c1-6-14(7-2)11-16(17-5)15-9-8-12(3)13(4)10-15/h12-17H,6-11H2,1-5H3. The third kappa shape index (κ3) is 4.28. The molecule has 1 aliphatic carbocycles. The lowest BCUT2D eigenvalue weighted by molar-refractivity contribution is 0.159. The van der Waals surface area contributed by atoms with Crippen LogP contribution in [0.1, 0.15) is 66.2 Å². The molecule has 1 rings (SSSR count). The SMILES string of the molecule is CCC(CC)CC(NC)C1CCC(C)C(C)C1. The van der Waals surface area contributed by atoms with Gasteiger partial charge in [0.1, 0.15) is 0 Å². The molecule has 1 nitrogen and oxygen atoms in total. The lowest BCUT2D eigenvalue weighted by Crippen LogP contribution is -2.39. The van der Waals surface area contributed by atoms with E-state index in [9.17, 15) is 0 Å². The molecule has 1 aliphatic rings. The van der Waals surface area contributed by atoms with Crippen LogP contribution in [0.2, 0.25) is 0 Å². The summed E-state index contributed by atoms with van der Waals surface area (Å²) in [5.74, 6) is 3.71. The Morgan fingerprint density at radius 3 is 2.18 bits per heavy atom. The van der Waals surface area contributed by atoms with Crippen LogP contribution >= 0.6 is 0 Å². The maximum absolute atomic E-state index is 3.61. The maximum Gasteiger partial charge on any atom is 0.00950 e. The lowest BCUT2D eigenvalue weighted by atomic mass is 9.71. The lowest BCUT2D eigenvalue weighted by Gasteiger charge is -2.37. The Morgan fingerprint density at radius 1 is 1.06 bits per heavy atom. The van der Waals surface area contributed by atoms with Crippen molar-refractivity contribution in [1.82, 2.24) is 5.32 Å². The van der Waals surface area contributed by atoms with E-state index in [0.717, 1.165) is 29.7 Å². The number of nitrogens with one attached hydrogen (secondary N) is 1. The second kappa shape index (κ2) is 7.41. The van der Waals surface area contributed by atoms with E-state index < -0.39 is 0 Å². The van der Waals surface area contributed by atoms with Crippen LogP contribution in [-0.4, -0.2) is 13.1 Å². The molecule has 0 bridgehead atoms. The summed E-state index contributed by atoms with van der Waals surface area (Å²) >= 11 is 0. The van der Waals surface area contributed by atoms with Gasteiger partial charge in [0.05, 0.1) is 0 Å². The molecule has 0 radical (unpaired) electrons. The summed E-state index contributed by atoms with van der Waals surface area (Å²) in [5, 5.41) is 3.61. The van der Waals surface area contributed by atoms with Crippen LogP contribution in [0.4, 0.5) is 0 Å². The molecule has 0 saturated heterocycles. The van der Waals surface area contributed by atoms with Gasteiger partial charge in [-0.2, -0.15) is 0 Å². The van der Waals surface area contributed by atoms with E-state index in [1.54, 1.807) is 0 Å². The quantitative estimate of drug-likeness (QED) is 0.721.